The summed E-state index contributed by atoms with van der Waals surface area (Å²) in [6, 6.07) is 4.95. The highest BCUT2D eigenvalue weighted by Gasteiger charge is 2.30. The standard InChI is InChI=1S/C12H16ClN3O2/c1-18-11-3-2-8(13)6-9(11)16-5-4-15-12(17)10(16)7-14/h2-3,6,10H,4-5,7,14H2,1H3,(H,15,17). The molecular weight excluding hydrogens is 254 g/mol. The molecule has 0 aliphatic carbocycles. The molecule has 1 aromatic carbocycles. The number of piperazine rings is 1. The fourth-order valence-electron chi connectivity index (χ4n) is 2.12. The summed E-state index contributed by atoms with van der Waals surface area (Å²) in [5.74, 6) is 0.623. The van der Waals surface area contributed by atoms with Gasteiger partial charge in [-0.05, 0) is 18.2 Å². The molecule has 0 spiro atoms. The van der Waals surface area contributed by atoms with Gasteiger partial charge >= 0.3 is 0 Å². The molecule has 1 saturated heterocycles. The number of carbonyl (C=O) groups is 1. The van der Waals surface area contributed by atoms with Gasteiger partial charge in [-0.1, -0.05) is 11.6 Å². The molecule has 1 fully saturated rings. The Bertz CT molecular complexity index is 453. The van der Waals surface area contributed by atoms with Crippen LogP contribution in [0.15, 0.2) is 18.2 Å². The molecule has 2 rings (SSSR count). The first kappa shape index (κ1) is 13.0. The summed E-state index contributed by atoms with van der Waals surface area (Å²) < 4.78 is 5.31. The molecule has 1 atom stereocenters. The third kappa shape index (κ3) is 2.37. The van der Waals surface area contributed by atoms with Gasteiger partial charge in [-0.3, -0.25) is 4.79 Å². The van der Waals surface area contributed by atoms with Crippen molar-refractivity contribution in [1.82, 2.24) is 5.32 Å². The van der Waals surface area contributed by atoms with Crippen LogP contribution in [0.3, 0.4) is 0 Å². The van der Waals surface area contributed by atoms with Crippen molar-refractivity contribution in [3.8, 4) is 5.75 Å². The number of nitrogens with zero attached hydrogens (tertiary/aromatic N) is 1. The van der Waals surface area contributed by atoms with Gasteiger partial charge in [0, 0.05) is 24.7 Å². The van der Waals surface area contributed by atoms with Crippen LogP contribution in [0, 0.1) is 0 Å². The molecule has 1 unspecified atom stereocenters. The van der Waals surface area contributed by atoms with Gasteiger partial charge in [0.15, 0.2) is 0 Å². The summed E-state index contributed by atoms with van der Waals surface area (Å²) in [4.78, 5) is 13.7. The highest BCUT2D eigenvalue weighted by Crippen LogP contribution is 2.32. The normalized spacial score (nSPS) is 19.6. The Kier molecular flexibility index (Phi) is 3.93. The smallest absolute Gasteiger partial charge is 0.244 e. The first-order chi connectivity index (χ1) is 8.67. The zero-order valence-electron chi connectivity index (χ0n) is 10.1. The van der Waals surface area contributed by atoms with E-state index in [1.807, 2.05) is 4.90 Å². The molecule has 0 saturated carbocycles. The number of hydrogen-bond acceptors (Lipinski definition) is 4. The van der Waals surface area contributed by atoms with Crippen molar-refractivity contribution in [3.05, 3.63) is 23.2 Å². The minimum atomic E-state index is -0.383. The summed E-state index contributed by atoms with van der Waals surface area (Å²) in [6.45, 7) is 1.52. The molecule has 1 amide bonds. The first-order valence-corrected chi connectivity index (χ1v) is 6.13. The van der Waals surface area contributed by atoms with Crippen LogP contribution in [0.2, 0.25) is 5.02 Å². The van der Waals surface area contributed by atoms with Gasteiger partial charge in [-0.15, -0.1) is 0 Å². The molecule has 6 heteroatoms. The zero-order chi connectivity index (χ0) is 13.1. The minimum absolute atomic E-state index is 0.0641. The topological polar surface area (TPSA) is 67.6 Å². The molecule has 3 N–H and O–H groups in total. The highest BCUT2D eigenvalue weighted by molar-refractivity contribution is 6.31. The number of rotatable bonds is 3. The summed E-state index contributed by atoms with van der Waals surface area (Å²) in [7, 11) is 1.59. The number of carbonyl (C=O) groups excluding carboxylic acids is 1. The monoisotopic (exact) mass is 269 g/mol. The zero-order valence-corrected chi connectivity index (χ0v) is 10.9. The maximum atomic E-state index is 11.8. The average molecular weight is 270 g/mol. The summed E-state index contributed by atoms with van der Waals surface area (Å²) >= 11 is 6.01. The van der Waals surface area contributed by atoms with E-state index in [9.17, 15) is 4.79 Å². The second kappa shape index (κ2) is 5.46. The number of halogens is 1. The largest absolute Gasteiger partial charge is 0.495 e. The molecule has 0 bridgehead atoms. The summed E-state index contributed by atoms with van der Waals surface area (Å²) in [5.41, 5.74) is 6.48. The van der Waals surface area contributed by atoms with Crippen molar-refractivity contribution >= 4 is 23.2 Å². The van der Waals surface area contributed by atoms with Gasteiger partial charge in [0.05, 0.1) is 12.8 Å². The first-order valence-electron chi connectivity index (χ1n) is 5.75. The maximum Gasteiger partial charge on any atom is 0.244 e. The Morgan fingerprint density at radius 2 is 2.39 bits per heavy atom. The number of ether oxygens (including phenoxy) is 1. The highest BCUT2D eigenvalue weighted by atomic mass is 35.5. The van der Waals surface area contributed by atoms with Crippen molar-refractivity contribution < 1.29 is 9.53 Å². The second-order valence-corrected chi connectivity index (χ2v) is 4.49. The van der Waals surface area contributed by atoms with Crippen LogP contribution < -0.4 is 20.7 Å². The Morgan fingerprint density at radius 1 is 1.61 bits per heavy atom. The van der Waals surface area contributed by atoms with Crippen LogP contribution in [0.4, 0.5) is 5.69 Å². The van der Waals surface area contributed by atoms with Crippen molar-refractivity contribution in [2.45, 2.75) is 6.04 Å². The molecule has 0 aromatic heterocycles. The lowest BCUT2D eigenvalue weighted by atomic mass is 10.1. The number of hydrogen-bond donors (Lipinski definition) is 2. The van der Waals surface area contributed by atoms with Gasteiger partial charge in [0.2, 0.25) is 5.91 Å². The lowest BCUT2D eigenvalue weighted by molar-refractivity contribution is -0.123. The fraction of sp³-hybridized carbons (Fsp3) is 0.417. The van der Waals surface area contributed by atoms with Crippen molar-refractivity contribution in [2.75, 3.05) is 31.6 Å². The van der Waals surface area contributed by atoms with E-state index in [2.05, 4.69) is 5.32 Å². The van der Waals surface area contributed by atoms with Gasteiger partial charge in [-0.25, -0.2) is 0 Å². The van der Waals surface area contributed by atoms with Crippen molar-refractivity contribution in [1.29, 1.82) is 0 Å². The van der Waals surface area contributed by atoms with E-state index in [0.29, 0.717) is 23.9 Å². The Balaban J connectivity index is 2.39. The third-order valence-corrected chi connectivity index (χ3v) is 3.24. The summed E-state index contributed by atoms with van der Waals surface area (Å²) in [5, 5.41) is 3.40. The fourth-order valence-corrected chi connectivity index (χ4v) is 2.29. The van der Waals surface area contributed by atoms with Crippen LogP contribution in [-0.4, -0.2) is 38.7 Å². The van der Waals surface area contributed by atoms with Gasteiger partial charge in [-0.2, -0.15) is 0 Å². The molecular formula is C12H16ClN3O2. The molecule has 18 heavy (non-hydrogen) atoms. The van der Waals surface area contributed by atoms with E-state index < -0.39 is 0 Å². The quantitative estimate of drug-likeness (QED) is 0.844. The Hall–Kier alpha value is -1.46. The van der Waals surface area contributed by atoms with Crippen molar-refractivity contribution in [2.24, 2.45) is 5.73 Å². The van der Waals surface area contributed by atoms with E-state index in [1.54, 1.807) is 25.3 Å². The van der Waals surface area contributed by atoms with Gasteiger partial charge in [0.25, 0.3) is 0 Å². The molecule has 98 valence electrons. The number of anilines is 1. The number of benzene rings is 1. The van der Waals surface area contributed by atoms with Crippen LogP contribution in [0.5, 0.6) is 5.75 Å². The predicted molar refractivity (Wildman–Crippen MR) is 71.2 cm³/mol. The van der Waals surface area contributed by atoms with E-state index in [-0.39, 0.29) is 18.5 Å². The van der Waals surface area contributed by atoms with Crippen LogP contribution in [-0.2, 0) is 4.79 Å². The molecule has 5 nitrogen and oxygen atoms in total. The van der Waals surface area contributed by atoms with E-state index in [4.69, 9.17) is 22.1 Å². The Morgan fingerprint density at radius 3 is 3.06 bits per heavy atom. The summed E-state index contributed by atoms with van der Waals surface area (Å²) in [6.07, 6.45) is 0. The lowest BCUT2D eigenvalue weighted by Crippen LogP contribution is -2.58. The van der Waals surface area contributed by atoms with E-state index >= 15 is 0 Å². The van der Waals surface area contributed by atoms with Crippen LogP contribution >= 0.6 is 11.6 Å². The minimum Gasteiger partial charge on any atom is -0.495 e. The average Bonchev–Trinajstić information content (AvgIpc) is 2.38. The number of amides is 1. The van der Waals surface area contributed by atoms with Crippen LogP contribution in [0.25, 0.3) is 0 Å². The molecule has 0 radical (unpaired) electrons. The Labute approximate surface area is 111 Å². The van der Waals surface area contributed by atoms with Gasteiger partial charge < -0.3 is 20.7 Å². The second-order valence-electron chi connectivity index (χ2n) is 4.05. The van der Waals surface area contributed by atoms with Crippen LogP contribution in [0.1, 0.15) is 0 Å². The van der Waals surface area contributed by atoms with Gasteiger partial charge in [0.1, 0.15) is 11.8 Å². The molecule has 1 heterocycles. The number of nitrogens with one attached hydrogen (secondary N) is 1. The maximum absolute atomic E-state index is 11.8. The molecule has 1 aliphatic heterocycles. The molecule has 1 aliphatic rings. The SMILES string of the molecule is COc1ccc(Cl)cc1N1CCNC(=O)C1CN. The molecule has 1 aromatic rings. The number of nitrogens with two attached hydrogens (primary N) is 1. The van der Waals surface area contributed by atoms with E-state index in [1.165, 1.54) is 0 Å². The van der Waals surface area contributed by atoms with E-state index in [0.717, 1.165) is 5.69 Å². The number of methoxy groups -OCH3 is 1. The lowest BCUT2D eigenvalue weighted by Gasteiger charge is -2.36. The van der Waals surface area contributed by atoms with Crippen molar-refractivity contribution in [3.63, 3.8) is 0 Å². The predicted octanol–water partition coefficient (Wildman–Crippen LogP) is 0.612. The third-order valence-electron chi connectivity index (χ3n) is 3.00.